The minimum absolute atomic E-state index is 0.0304. The Labute approximate surface area is 339 Å². The number of amides is 3. The van der Waals surface area contributed by atoms with Crippen molar-refractivity contribution in [2.45, 2.75) is 85.3 Å². The van der Waals surface area contributed by atoms with Gasteiger partial charge in [0.15, 0.2) is 0 Å². The summed E-state index contributed by atoms with van der Waals surface area (Å²) in [4.78, 5) is 49.5. The van der Waals surface area contributed by atoms with Crippen molar-refractivity contribution in [1.29, 1.82) is 0 Å². The molecule has 3 N–H and O–H groups in total. The molecule has 1 aromatic carbocycles. The van der Waals surface area contributed by atoms with E-state index >= 15 is 0 Å². The maximum absolute atomic E-state index is 13.2. The first-order valence-corrected chi connectivity index (χ1v) is 19.2. The summed E-state index contributed by atoms with van der Waals surface area (Å²) in [6.45, 7) is 11.9. The minimum atomic E-state index is -1.55. The third-order valence-corrected chi connectivity index (χ3v) is 8.82. The largest absolute Gasteiger partial charge is 0.454 e. The molecule has 0 aliphatic carbocycles. The predicted molar refractivity (Wildman–Crippen MR) is 227 cm³/mol. The fourth-order valence-corrected chi connectivity index (χ4v) is 5.46. The molecule has 57 heavy (non-hydrogen) atoms. The molecular formula is C46H61N3O8. The van der Waals surface area contributed by atoms with Gasteiger partial charge in [0, 0.05) is 38.4 Å². The third kappa shape index (κ3) is 20.3. The standard InChI is InChI=1S/C46H61N3O8/c1-33-16-14-22-40(54-7)21-13-12-18-37(5)43(56-42(51)29-27-34(2)24-25-35(3)30-41(55-8)23-15-17-33)38(6)28-26-36(4)31-47-44(52)45(48-32-50)57-46(53)49-39-19-10-9-11-20-39/h9-13,15-21,24-30,32,34,37,40-41,43,45H,14,22-23,31H2,1-8H3,(H,47,52)(H,48,50)(H,49,53)/b17-15+,18-12+,21-13+,25-24+,29-27+,33-16-,35-30+,36-26+,38-28+/t34-,37+,40-,41+,43+,45+/m1/s1. The van der Waals surface area contributed by atoms with Crippen LogP contribution in [-0.2, 0) is 33.3 Å². The van der Waals surface area contributed by atoms with Gasteiger partial charge in [-0.25, -0.2) is 9.59 Å². The minimum Gasteiger partial charge on any atom is -0.454 e. The third-order valence-electron chi connectivity index (χ3n) is 8.82. The van der Waals surface area contributed by atoms with E-state index in [1.54, 1.807) is 63.6 Å². The molecule has 0 radical (unpaired) electrons. The van der Waals surface area contributed by atoms with Crippen LogP contribution >= 0.6 is 0 Å². The summed E-state index contributed by atoms with van der Waals surface area (Å²) < 4.78 is 22.5. The molecule has 0 aromatic heterocycles. The Kier molecular flexibility index (Phi) is 22.7. The van der Waals surface area contributed by atoms with Crippen LogP contribution in [0.3, 0.4) is 0 Å². The molecule has 308 valence electrons. The molecule has 1 aliphatic rings. The van der Waals surface area contributed by atoms with Crippen LogP contribution in [0.4, 0.5) is 10.5 Å². The van der Waals surface area contributed by atoms with Crippen LogP contribution in [0.15, 0.2) is 138 Å². The van der Waals surface area contributed by atoms with Gasteiger partial charge in [0.1, 0.15) is 6.10 Å². The van der Waals surface area contributed by atoms with Crippen molar-refractivity contribution < 1.29 is 38.1 Å². The fourth-order valence-electron chi connectivity index (χ4n) is 5.46. The number of cyclic esters (lactones) is 1. The summed E-state index contributed by atoms with van der Waals surface area (Å²) in [5.41, 5.74) is 4.23. The Balaban J connectivity index is 2.26. The van der Waals surface area contributed by atoms with Gasteiger partial charge in [-0.15, -0.1) is 0 Å². The Hall–Kier alpha value is -5.52. The second-order valence-electron chi connectivity index (χ2n) is 13.9. The van der Waals surface area contributed by atoms with Crippen molar-refractivity contribution in [3.63, 3.8) is 0 Å². The van der Waals surface area contributed by atoms with Crippen molar-refractivity contribution in [3.8, 4) is 0 Å². The molecule has 1 aromatic rings. The van der Waals surface area contributed by atoms with Crippen molar-refractivity contribution in [1.82, 2.24) is 10.6 Å². The molecule has 1 heterocycles. The molecule has 1 aliphatic heterocycles. The lowest BCUT2D eigenvalue weighted by Gasteiger charge is -2.22. The zero-order valence-corrected chi connectivity index (χ0v) is 34.6. The molecule has 0 spiro atoms. The van der Waals surface area contributed by atoms with Crippen molar-refractivity contribution in [3.05, 3.63) is 138 Å². The highest BCUT2D eigenvalue weighted by Crippen LogP contribution is 2.20. The van der Waals surface area contributed by atoms with Crippen LogP contribution in [0.1, 0.15) is 60.8 Å². The van der Waals surface area contributed by atoms with Crippen molar-refractivity contribution in [2.75, 3.05) is 26.1 Å². The zero-order chi connectivity index (χ0) is 42.0. The number of hydrogen-bond donors (Lipinski definition) is 3. The average molecular weight is 784 g/mol. The summed E-state index contributed by atoms with van der Waals surface area (Å²) >= 11 is 0. The van der Waals surface area contributed by atoms with Gasteiger partial charge in [-0.2, -0.15) is 0 Å². The predicted octanol–water partition coefficient (Wildman–Crippen LogP) is 8.39. The first-order chi connectivity index (χ1) is 27.3. The summed E-state index contributed by atoms with van der Waals surface area (Å²) in [6, 6.07) is 8.55. The lowest BCUT2D eigenvalue weighted by atomic mass is 9.96. The van der Waals surface area contributed by atoms with Crippen LogP contribution in [0, 0.1) is 11.8 Å². The Morgan fingerprint density at radius 2 is 1.61 bits per heavy atom. The molecule has 2 rings (SSSR count). The SMILES string of the molecule is CO[C@@H]1/C=C(C)/C=C/[C@@H](C)/C=C/C(=O)O[C@H](/C(C)=C/C=C(\C)CNC(=O)[C@@H](NC=O)OC(=O)Nc2ccccc2)[C@@H](C)/C=C/C=C/[C@@H](OC)CC/C=C(C)\C=C\C1. The average Bonchev–Trinajstić information content (AvgIpc) is 3.19. The molecule has 6 atom stereocenters. The van der Waals surface area contributed by atoms with Crippen LogP contribution in [0.5, 0.6) is 0 Å². The summed E-state index contributed by atoms with van der Waals surface area (Å²) in [7, 11) is 3.40. The van der Waals surface area contributed by atoms with E-state index in [9.17, 15) is 19.2 Å². The first-order valence-electron chi connectivity index (χ1n) is 19.2. The number of anilines is 1. The summed E-state index contributed by atoms with van der Waals surface area (Å²) in [6.07, 6.45) is 26.9. The van der Waals surface area contributed by atoms with E-state index in [0.717, 1.165) is 36.0 Å². The van der Waals surface area contributed by atoms with Crippen LogP contribution < -0.4 is 16.0 Å². The number of hydrogen-bond acceptors (Lipinski definition) is 8. The van der Waals surface area contributed by atoms with Gasteiger partial charge in [0.2, 0.25) is 6.41 Å². The van der Waals surface area contributed by atoms with Crippen molar-refractivity contribution >= 4 is 30.1 Å². The summed E-state index contributed by atoms with van der Waals surface area (Å²) in [5.74, 6) is -1.42. The Morgan fingerprint density at radius 1 is 0.912 bits per heavy atom. The topological polar surface area (TPSA) is 141 Å². The Bertz CT molecular complexity index is 1720. The van der Waals surface area contributed by atoms with E-state index in [4.69, 9.17) is 18.9 Å². The number of rotatable bonds is 11. The van der Waals surface area contributed by atoms with Gasteiger partial charge in [-0.05, 0) is 70.6 Å². The number of carbonyl (C=O) groups is 4. The zero-order valence-electron chi connectivity index (χ0n) is 34.6. The first kappa shape index (κ1) is 47.6. The quantitative estimate of drug-likeness (QED) is 0.0880. The van der Waals surface area contributed by atoms with Gasteiger partial charge in [0.05, 0.1) is 12.2 Å². The number of carbonyl (C=O) groups excluding carboxylic acids is 4. The fraction of sp³-hybridized carbons (Fsp3) is 0.391. The normalized spacial score (nSPS) is 27.2. The highest BCUT2D eigenvalue weighted by Gasteiger charge is 2.23. The second-order valence-corrected chi connectivity index (χ2v) is 13.9. The molecule has 0 saturated carbocycles. The molecule has 0 saturated heterocycles. The van der Waals surface area contributed by atoms with Crippen LogP contribution in [0.2, 0.25) is 0 Å². The monoisotopic (exact) mass is 783 g/mol. The summed E-state index contributed by atoms with van der Waals surface area (Å²) in [5, 5.41) is 7.38. The van der Waals surface area contributed by atoms with Gasteiger partial charge < -0.3 is 29.6 Å². The Morgan fingerprint density at radius 3 is 2.32 bits per heavy atom. The lowest BCUT2D eigenvalue weighted by Crippen LogP contribution is -2.47. The highest BCUT2D eigenvalue weighted by atomic mass is 16.6. The molecular weight excluding hydrogens is 723 g/mol. The molecule has 3 amide bonds. The molecule has 11 nitrogen and oxygen atoms in total. The smallest absolute Gasteiger partial charge is 0.413 e. The van der Waals surface area contributed by atoms with Crippen LogP contribution in [-0.4, -0.2) is 69.7 Å². The second kappa shape index (κ2) is 27.1. The molecule has 0 fully saturated rings. The number of benzene rings is 1. The van der Waals surface area contributed by atoms with E-state index in [1.165, 1.54) is 11.6 Å². The number of nitrogens with one attached hydrogen (secondary N) is 3. The van der Waals surface area contributed by atoms with E-state index in [-0.39, 0.29) is 37.0 Å². The van der Waals surface area contributed by atoms with Gasteiger partial charge >= 0.3 is 12.1 Å². The van der Waals surface area contributed by atoms with E-state index in [2.05, 4.69) is 47.2 Å². The van der Waals surface area contributed by atoms with E-state index in [0.29, 0.717) is 5.69 Å². The maximum atomic E-state index is 13.2. The molecule has 11 heteroatoms. The number of esters is 1. The molecule has 0 bridgehead atoms. The number of para-hydroxylation sites is 1. The lowest BCUT2D eigenvalue weighted by molar-refractivity contribution is -0.142. The van der Waals surface area contributed by atoms with Crippen LogP contribution in [0.25, 0.3) is 0 Å². The van der Waals surface area contributed by atoms with Crippen molar-refractivity contribution in [2.24, 2.45) is 11.8 Å². The maximum Gasteiger partial charge on any atom is 0.413 e. The van der Waals surface area contributed by atoms with E-state index < -0.39 is 30.3 Å². The number of allylic oxidation sites excluding steroid dienone is 11. The highest BCUT2D eigenvalue weighted by molar-refractivity contribution is 5.89. The van der Waals surface area contributed by atoms with E-state index in [1.807, 2.05) is 70.2 Å². The number of ether oxygens (including phenoxy) is 4. The van der Waals surface area contributed by atoms with Gasteiger partial charge in [-0.3, -0.25) is 14.9 Å². The number of methoxy groups -OCH3 is 2. The van der Waals surface area contributed by atoms with Gasteiger partial charge in [-0.1, -0.05) is 128 Å². The molecule has 0 unspecified atom stereocenters. The van der Waals surface area contributed by atoms with Gasteiger partial charge in [0.25, 0.3) is 12.1 Å².